The van der Waals surface area contributed by atoms with Crippen LogP contribution in [0.3, 0.4) is 0 Å². The fourth-order valence-corrected chi connectivity index (χ4v) is 2.96. The molecule has 2 saturated carbocycles. The van der Waals surface area contributed by atoms with Crippen LogP contribution < -0.4 is 10.6 Å². The molecule has 0 aromatic carbocycles. The van der Waals surface area contributed by atoms with Crippen LogP contribution in [0.25, 0.3) is 0 Å². The zero-order valence-corrected chi connectivity index (χ0v) is 11.9. The zero-order valence-electron chi connectivity index (χ0n) is 11.9. The second-order valence-corrected chi connectivity index (χ2v) is 5.94. The Balaban J connectivity index is 1.57. The van der Waals surface area contributed by atoms with E-state index in [4.69, 9.17) is 9.84 Å². The molecule has 0 aromatic rings. The number of hydrogen-bond acceptors (Lipinski definition) is 3. The molecule has 2 aliphatic carbocycles. The number of carboxylic acid groups (broad SMARTS) is 1. The van der Waals surface area contributed by atoms with Gasteiger partial charge in [0.15, 0.2) is 0 Å². The lowest BCUT2D eigenvalue weighted by molar-refractivity contribution is -0.143. The van der Waals surface area contributed by atoms with Gasteiger partial charge < -0.3 is 20.5 Å². The number of methoxy groups -OCH3 is 1. The molecule has 0 heterocycles. The Morgan fingerprint density at radius 2 is 1.85 bits per heavy atom. The number of carbonyl (C=O) groups excluding carboxylic acids is 1. The van der Waals surface area contributed by atoms with Crippen molar-refractivity contribution in [2.24, 2.45) is 11.8 Å². The minimum absolute atomic E-state index is 0.120. The summed E-state index contributed by atoms with van der Waals surface area (Å²) in [5.41, 5.74) is 0. The van der Waals surface area contributed by atoms with Crippen LogP contribution in [0.5, 0.6) is 0 Å². The number of rotatable bonds is 5. The molecule has 0 aliphatic heterocycles. The highest BCUT2D eigenvalue weighted by Crippen LogP contribution is 2.28. The maximum atomic E-state index is 11.7. The van der Waals surface area contributed by atoms with E-state index in [2.05, 4.69) is 10.6 Å². The van der Waals surface area contributed by atoms with Crippen molar-refractivity contribution in [1.82, 2.24) is 10.6 Å². The standard InChI is InChI=1S/C14H24N2O4/c1-20-12-6-11(7-12)16-14(19)15-8-9-2-4-10(5-3-9)13(17)18/h9-12H,2-8H2,1H3,(H,17,18)(H2,15,16,19). The Morgan fingerprint density at radius 3 is 2.40 bits per heavy atom. The third-order valence-corrected chi connectivity index (χ3v) is 4.51. The van der Waals surface area contributed by atoms with E-state index >= 15 is 0 Å². The van der Waals surface area contributed by atoms with E-state index in [0.29, 0.717) is 12.5 Å². The number of carboxylic acids is 1. The van der Waals surface area contributed by atoms with Crippen molar-refractivity contribution < 1.29 is 19.4 Å². The molecule has 0 aromatic heterocycles. The predicted octanol–water partition coefficient (Wildman–Crippen LogP) is 1.35. The predicted molar refractivity (Wildman–Crippen MR) is 73.4 cm³/mol. The number of aliphatic carboxylic acids is 1. The maximum absolute atomic E-state index is 11.7. The van der Waals surface area contributed by atoms with Gasteiger partial charge in [-0.3, -0.25) is 4.79 Å². The minimum atomic E-state index is -0.688. The van der Waals surface area contributed by atoms with Crippen LogP contribution in [0.15, 0.2) is 0 Å². The molecule has 0 bridgehead atoms. The van der Waals surface area contributed by atoms with Gasteiger partial charge in [-0.15, -0.1) is 0 Å². The van der Waals surface area contributed by atoms with Gasteiger partial charge in [0.1, 0.15) is 0 Å². The van der Waals surface area contributed by atoms with Gasteiger partial charge in [-0.1, -0.05) is 0 Å². The molecule has 6 nitrogen and oxygen atoms in total. The summed E-state index contributed by atoms with van der Waals surface area (Å²) in [5, 5.41) is 14.7. The molecule has 2 fully saturated rings. The summed E-state index contributed by atoms with van der Waals surface area (Å²) < 4.78 is 5.16. The van der Waals surface area contributed by atoms with Crippen LogP contribution in [-0.4, -0.2) is 42.9 Å². The lowest BCUT2D eigenvalue weighted by atomic mass is 9.82. The van der Waals surface area contributed by atoms with Gasteiger partial charge in [0.25, 0.3) is 0 Å². The molecule has 0 atom stereocenters. The Labute approximate surface area is 119 Å². The molecule has 114 valence electrons. The van der Waals surface area contributed by atoms with Gasteiger partial charge in [-0.2, -0.15) is 0 Å². The topological polar surface area (TPSA) is 87.7 Å². The first kappa shape index (κ1) is 15.1. The SMILES string of the molecule is COC1CC(NC(=O)NCC2CCC(C(=O)O)CC2)C1. The first-order chi connectivity index (χ1) is 9.58. The molecule has 2 aliphatic rings. The van der Waals surface area contributed by atoms with Crippen LogP contribution in [0.1, 0.15) is 38.5 Å². The second-order valence-electron chi connectivity index (χ2n) is 5.94. The van der Waals surface area contributed by atoms with E-state index < -0.39 is 5.97 Å². The molecule has 2 amide bonds. The van der Waals surface area contributed by atoms with Crippen molar-refractivity contribution in [2.45, 2.75) is 50.7 Å². The largest absolute Gasteiger partial charge is 0.481 e. The third kappa shape index (κ3) is 4.10. The summed E-state index contributed by atoms with van der Waals surface area (Å²) in [4.78, 5) is 22.5. The maximum Gasteiger partial charge on any atom is 0.315 e. The number of ether oxygens (including phenoxy) is 1. The molecule has 0 saturated heterocycles. The smallest absolute Gasteiger partial charge is 0.315 e. The normalized spacial score (nSPS) is 33.0. The number of urea groups is 1. The Morgan fingerprint density at radius 1 is 1.20 bits per heavy atom. The van der Waals surface area contributed by atoms with Crippen molar-refractivity contribution in [3.63, 3.8) is 0 Å². The highest BCUT2D eigenvalue weighted by Gasteiger charge is 2.30. The molecule has 20 heavy (non-hydrogen) atoms. The highest BCUT2D eigenvalue weighted by molar-refractivity contribution is 5.74. The van der Waals surface area contributed by atoms with Crippen molar-refractivity contribution in [1.29, 1.82) is 0 Å². The number of hydrogen-bond donors (Lipinski definition) is 3. The van der Waals surface area contributed by atoms with Crippen LogP contribution in [0.4, 0.5) is 4.79 Å². The molecule has 0 unspecified atom stereocenters. The van der Waals surface area contributed by atoms with Gasteiger partial charge in [-0.25, -0.2) is 4.79 Å². The molecule has 0 spiro atoms. The number of carbonyl (C=O) groups is 2. The molecule has 0 radical (unpaired) electrons. The van der Waals surface area contributed by atoms with E-state index in [-0.39, 0.29) is 24.1 Å². The Kier molecular flexibility index (Phi) is 5.23. The fraction of sp³-hybridized carbons (Fsp3) is 0.857. The van der Waals surface area contributed by atoms with Crippen LogP contribution in [-0.2, 0) is 9.53 Å². The summed E-state index contributed by atoms with van der Waals surface area (Å²) in [5.74, 6) is -0.475. The van der Waals surface area contributed by atoms with Crippen molar-refractivity contribution in [3.8, 4) is 0 Å². The lowest BCUT2D eigenvalue weighted by Crippen LogP contribution is -2.51. The zero-order chi connectivity index (χ0) is 14.5. The summed E-state index contributed by atoms with van der Waals surface area (Å²) in [6, 6.07) is 0.104. The second kappa shape index (κ2) is 6.92. The van der Waals surface area contributed by atoms with E-state index in [1.807, 2.05) is 0 Å². The molecular weight excluding hydrogens is 260 g/mol. The summed E-state index contributed by atoms with van der Waals surface area (Å²) in [6.45, 7) is 0.637. The lowest BCUT2D eigenvalue weighted by Gasteiger charge is -2.34. The van der Waals surface area contributed by atoms with E-state index in [1.165, 1.54) is 0 Å². The first-order valence-corrected chi connectivity index (χ1v) is 7.38. The highest BCUT2D eigenvalue weighted by atomic mass is 16.5. The summed E-state index contributed by atoms with van der Waals surface area (Å²) >= 11 is 0. The fourth-order valence-electron chi connectivity index (χ4n) is 2.96. The van der Waals surface area contributed by atoms with Crippen LogP contribution in [0, 0.1) is 11.8 Å². The first-order valence-electron chi connectivity index (χ1n) is 7.38. The van der Waals surface area contributed by atoms with Crippen molar-refractivity contribution in [2.75, 3.05) is 13.7 Å². The third-order valence-electron chi connectivity index (χ3n) is 4.51. The monoisotopic (exact) mass is 284 g/mol. The molecule has 3 N–H and O–H groups in total. The molecular formula is C14H24N2O4. The summed E-state index contributed by atoms with van der Waals surface area (Å²) in [6.07, 6.45) is 5.26. The van der Waals surface area contributed by atoms with Gasteiger partial charge in [0, 0.05) is 19.7 Å². The van der Waals surface area contributed by atoms with Gasteiger partial charge >= 0.3 is 12.0 Å². The van der Waals surface area contributed by atoms with Gasteiger partial charge in [-0.05, 0) is 44.4 Å². The van der Waals surface area contributed by atoms with Crippen molar-refractivity contribution in [3.05, 3.63) is 0 Å². The van der Waals surface area contributed by atoms with E-state index in [9.17, 15) is 9.59 Å². The Bertz CT molecular complexity index is 347. The average molecular weight is 284 g/mol. The summed E-state index contributed by atoms with van der Waals surface area (Å²) in [7, 11) is 1.69. The van der Waals surface area contributed by atoms with Crippen LogP contribution in [0.2, 0.25) is 0 Å². The Hall–Kier alpha value is -1.30. The van der Waals surface area contributed by atoms with Gasteiger partial charge in [0.05, 0.1) is 12.0 Å². The number of nitrogens with one attached hydrogen (secondary N) is 2. The van der Waals surface area contributed by atoms with Crippen molar-refractivity contribution >= 4 is 12.0 Å². The van der Waals surface area contributed by atoms with E-state index in [0.717, 1.165) is 38.5 Å². The molecule has 6 heteroatoms. The number of amides is 2. The minimum Gasteiger partial charge on any atom is -0.481 e. The average Bonchev–Trinajstić information content (AvgIpc) is 2.40. The molecule has 2 rings (SSSR count). The van der Waals surface area contributed by atoms with Gasteiger partial charge in [0.2, 0.25) is 0 Å². The van der Waals surface area contributed by atoms with Crippen LogP contribution >= 0.6 is 0 Å². The quantitative estimate of drug-likeness (QED) is 0.711. The van der Waals surface area contributed by atoms with E-state index in [1.54, 1.807) is 7.11 Å².